The molecule has 0 radical (unpaired) electrons. The van der Waals surface area contributed by atoms with E-state index in [2.05, 4.69) is 10.3 Å². The third kappa shape index (κ3) is 3.09. The van der Waals surface area contributed by atoms with Crippen molar-refractivity contribution in [3.63, 3.8) is 0 Å². The van der Waals surface area contributed by atoms with E-state index in [4.69, 9.17) is 0 Å². The Morgan fingerprint density at radius 2 is 1.70 bits per heavy atom. The van der Waals surface area contributed by atoms with Gasteiger partial charge in [-0.05, 0) is 35.9 Å². The molecule has 4 nitrogen and oxygen atoms in total. The fraction of sp³-hybridized carbons (Fsp3) is 0.125. The fourth-order valence-corrected chi connectivity index (χ4v) is 2.29. The van der Waals surface area contributed by atoms with Gasteiger partial charge in [-0.1, -0.05) is 17.3 Å². The van der Waals surface area contributed by atoms with E-state index in [1.54, 1.807) is 12.1 Å². The Kier molecular flexibility index (Phi) is 4.12. The number of halogens is 3. The summed E-state index contributed by atoms with van der Waals surface area (Å²) in [5, 5.41) is 17.2. The second-order valence-corrected chi connectivity index (χ2v) is 4.96. The number of hydrogen-bond donors (Lipinski definition) is 1. The van der Waals surface area contributed by atoms with Crippen LogP contribution in [-0.2, 0) is 13.2 Å². The molecule has 118 valence electrons. The molecule has 0 amide bonds. The highest BCUT2D eigenvalue weighted by atomic mass is 19.2. The standard InChI is InChI=1S/C16H12F3N3O/c17-12-4-1-10(2-5-12)8-22-16(15(9-23)20-21-22)11-3-6-13(18)14(19)7-11/h1-7,23H,8-9H2. The van der Waals surface area contributed by atoms with Gasteiger partial charge < -0.3 is 5.11 Å². The summed E-state index contributed by atoms with van der Waals surface area (Å²) in [6.07, 6.45) is 0. The molecule has 1 N–H and O–H groups in total. The molecule has 0 aliphatic carbocycles. The van der Waals surface area contributed by atoms with Gasteiger partial charge in [0.05, 0.1) is 18.8 Å². The first-order chi connectivity index (χ1) is 11.1. The van der Waals surface area contributed by atoms with E-state index >= 15 is 0 Å². The van der Waals surface area contributed by atoms with Crippen LogP contribution in [0, 0.1) is 17.5 Å². The zero-order valence-electron chi connectivity index (χ0n) is 11.9. The summed E-state index contributed by atoms with van der Waals surface area (Å²) in [5.74, 6) is -2.32. The van der Waals surface area contributed by atoms with Gasteiger partial charge in [-0.2, -0.15) is 0 Å². The van der Waals surface area contributed by atoms with Crippen LogP contribution in [0.1, 0.15) is 11.3 Å². The first kappa shape index (κ1) is 15.2. The smallest absolute Gasteiger partial charge is 0.159 e. The molecule has 0 unspecified atom stereocenters. The molecule has 7 heteroatoms. The predicted molar refractivity (Wildman–Crippen MR) is 76.8 cm³/mol. The van der Waals surface area contributed by atoms with Gasteiger partial charge in [-0.15, -0.1) is 5.10 Å². The van der Waals surface area contributed by atoms with Gasteiger partial charge in [0.1, 0.15) is 11.5 Å². The number of hydrogen-bond acceptors (Lipinski definition) is 3. The predicted octanol–water partition coefficient (Wildman–Crippen LogP) is 2.90. The molecule has 0 saturated heterocycles. The van der Waals surface area contributed by atoms with Crippen molar-refractivity contribution in [1.29, 1.82) is 0 Å². The first-order valence-electron chi connectivity index (χ1n) is 6.81. The van der Waals surface area contributed by atoms with E-state index in [0.29, 0.717) is 11.3 Å². The second-order valence-electron chi connectivity index (χ2n) is 4.96. The molecule has 0 aliphatic heterocycles. The maximum atomic E-state index is 13.5. The van der Waals surface area contributed by atoms with Crippen LogP contribution in [0.3, 0.4) is 0 Å². The Morgan fingerprint density at radius 3 is 2.35 bits per heavy atom. The summed E-state index contributed by atoms with van der Waals surface area (Å²) in [5.41, 5.74) is 1.73. The molecular weight excluding hydrogens is 307 g/mol. The van der Waals surface area contributed by atoms with Crippen LogP contribution < -0.4 is 0 Å². The minimum absolute atomic E-state index is 0.248. The van der Waals surface area contributed by atoms with Gasteiger partial charge in [0, 0.05) is 5.56 Å². The van der Waals surface area contributed by atoms with E-state index in [-0.39, 0.29) is 18.1 Å². The van der Waals surface area contributed by atoms with Crippen LogP contribution in [0.15, 0.2) is 42.5 Å². The SMILES string of the molecule is OCc1nnn(Cc2ccc(F)cc2)c1-c1ccc(F)c(F)c1. The number of rotatable bonds is 4. The lowest BCUT2D eigenvalue weighted by Gasteiger charge is -2.08. The molecule has 23 heavy (non-hydrogen) atoms. The quantitative estimate of drug-likeness (QED) is 0.804. The molecule has 0 atom stereocenters. The lowest BCUT2D eigenvalue weighted by molar-refractivity contribution is 0.277. The average Bonchev–Trinajstić information content (AvgIpc) is 2.95. The molecule has 1 aromatic heterocycles. The van der Waals surface area contributed by atoms with Crippen molar-refractivity contribution in [3.8, 4) is 11.3 Å². The van der Waals surface area contributed by atoms with E-state index in [0.717, 1.165) is 17.7 Å². The second kappa shape index (κ2) is 6.21. The van der Waals surface area contributed by atoms with E-state index in [9.17, 15) is 18.3 Å². The van der Waals surface area contributed by atoms with E-state index < -0.39 is 18.2 Å². The highest BCUT2D eigenvalue weighted by Gasteiger charge is 2.16. The van der Waals surface area contributed by atoms with Gasteiger partial charge in [0.2, 0.25) is 0 Å². The topological polar surface area (TPSA) is 50.9 Å². The molecule has 1 heterocycles. The van der Waals surface area contributed by atoms with Crippen LogP contribution >= 0.6 is 0 Å². The molecule has 3 aromatic rings. The average molecular weight is 319 g/mol. The first-order valence-corrected chi connectivity index (χ1v) is 6.81. The van der Waals surface area contributed by atoms with Crippen molar-refractivity contribution < 1.29 is 18.3 Å². The normalized spacial score (nSPS) is 11.0. The van der Waals surface area contributed by atoms with Crippen molar-refractivity contribution in [2.75, 3.05) is 0 Å². The zero-order chi connectivity index (χ0) is 16.4. The summed E-state index contributed by atoms with van der Waals surface area (Å²) in [6, 6.07) is 9.22. The van der Waals surface area contributed by atoms with Crippen molar-refractivity contribution >= 4 is 0 Å². The monoisotopic (exact) mass is 319 g/mol. The number of nitrogens with zero attached hydrogens (tertiary/aromatic N) is 3. The molecule has 0 saturated carbocycles. The van der Waals surface area contributed by atoms with Gasteiger partial charge in [-0.3, -0.25) is 0 Å². The largest absolute Gasteiger partial charge is 0.390 e. The van der Waals surface area contributed by atoms with Gasteiger partial charge >= 0.3 is 0 Å². The maximum Gasteiger partial charge on any atom is 0.159 e. The zero-order valence-corrected chi connectivity index (χ0v) is 11.9. The molecule has 0 aliphatic rings. The Balaban J connectivity index is 2.03. The van der Waals surface area contributed by atoms with Crippen LogP contribution in [0.4, 0.5) is 13.2 Å². The maximum absolute atomic E-state index is 13.5. The minimum Gasteiger partial charge on any atom is -0.390 e. The van der Waals surface area contributed by atoms with Crippen LogP contribution in [-0.4, -0.2) is 20.1 Å². The molecule has 0 spiro atoms. The Hall–Kier alpha value is -2.67. The van der Waals surface area contributed by atoms with Crippen LogP contribution in [0.25, 0.3) is 11.3 Å². The summed E-state index contributed by atoms with van der Waals surface area (Å²) in [7, 11) is 0. The minimum atomic E-state index is -0.999. The molecular formula is C16H12F3N3O. The third-order valence-corrected chi connectivity index (χ3v) is 3.39. The molecule has 0 fully saturated rings. The van der Waals surface area contributed by atoms with Crippen molar-refractivity contribution in [1.82, 2.24) is 15.0 Å². The summed E-state index contributed by atoms with van der Waals surface area (Å²) >= 11 is 0. The molecule has 2 aromatic carbocycles. The van der Waals surface area contributed by atoms with Crippen LogP contribution in [0.2, 0.25) is 0 Å². The molecule has 0 bridgehead atoms. The fourth-order valence-electron chi connectivity index (χ4n) is 2.29. The summed E-state index contributed by atoms with van der Waals surface area (Å²) in [4.78, 5) is 0. The number of benzene rings is 2. The Morgan fingerprint density at radius 1 is 0.957 bits per heavy atom. The van der Waals surface area contributed by atoms with Gasteiger partial charge in [0.15, 0.2) is 11.6 Å². The van der Waals surface area contributed by atoms with Gasteiger partial charge in [-0.25, -0.2) is 17.9 Å². The molecule has 3 rings (SSSR count). The lowest BCUT2D eigenvalue weighted by atomic mass is 10.1. The van der Waals surface area contributed by atoms with Gasteiger partial charge in [0.25, 0.3) is 0 Å². The van der Waals surface area contributed by atoms with Crippen molar-refractivity contribution in [3.05, 3.63) is 71.2 Å². The third-order valence-electron chi connectivity index (χ3n) is 3.39. The number of aliphatic hydroxyl groups excluding tert-OH is 1. The van der Waals surface area contributed by atoms with Crippen molar-refractivity contribution in [2.24, 2.45) is 0 Å². The highest BCUT2D eigenvalue weighted by molar-refractivity contribution is 5.62. The summed E-state index contributed by atoms with van der Waals surface area (Å²) < 4.78 is 41.0. The summed E-state index contributed by atoms with van der Waals surface area (Å²) in [6.45, 7) is -0.140. The van der Waals surface area contributed by atoms with E-state index in [1.807, 2.05) is 0 Å². The lowest BCUT2D eigenvalue weighted by Crippen LogP contribution is -2.05. The Bertz CT molecular complexity index is 831. The van der Waals surface area contributed by atoms with E-state index in [1.165, 1.54) is 22.9 Å². The number of aromatic nitrogens is 3. The highest BCUT2D eigenvalue weighted by Crippen LogP contribution is 2.25. The number of aliphatic hydroxyl groups is 1. The van der Waals surface area contributed by atoms with Crippen molar-refractivity contribution in [2.45, 2.75) is 13.2 Å². The Labute approximate surface area is 129 Å². The van der Waals surface area contributed by atoms with Crippen LogP contribution in [0.5, 0.6) is 0 Å².